The average Bonchev–Trinajstić information content (AvgIpc) is 2.60. The zero-order valence-electron chi connectivity index (χ0n) is 13.8. The van der Waals surface area contributed by atoms with Gasteiger partial charge in [-0.3, -0.25) is 4.90 Å². The number of halogens is 1. The lowest BCUT2D eigenvalue weighted by Crippen LogP contribution is -2.28. The van der Waals surface area contributed by atoms with Crippen molar-refractivity contribution in [2.45, 2.75) is 19.9 Å². The Morgan fingerprint density at radius 1 is 1.17 bits per heavy atom. The van der Waals surface area contributed by atoms with Crippen molar-refractivity contribution in [1.29, 1.82) is 0 Å². The first-order valence-electron chi connectivity index (χ1n) is 8.27. The van der Waals surface area contributed by atoms with Gasteiger partial charge in [-0.2, -0.15) is 0 Å². The molecule has 4 heteroatoms. The topological polar surface area (TPSA) is 32.7 Å². The molecule has 3 rings (SSSR count). The Morgan fingerprint density at radius 2 is 1.96 bits per heavy atom. The molecular weight excluding hydrogens is 305 g/mol. The molecule has 0 aromatic heterocycles. The first-order valence-corrected chi connectivity index (χ1v) is 8.27. The fourth-order valence-electron chi connectivity index (χ4n) is 2.97. The Kier molecular flexibility index (Phi) is 5.16. The molecule has 1 heterocycles. The molecule has 2 aromatic rings. The third-order valence-electron chi connectivity index (χ3n) is 4.24. The summed E-state index contributed by atoms with van der Waals surface area (Å²) in [6, 6.07) is 12.2. The number of nitrogens with zero attached hydrogens (tertiary/aromatic N) is 1. The van der Waals surface area contributed by atoms with Gasteiger partial charge in [0.25, 0.3) is 0 Å². The molecule has 0 spiro atoms. The van der Waals surface area contributed by atoms with E-state index in [2.05, 4.69) is 11.0 Å². The molecular formula is C20H22FNO2. The van der Waals surface area contributed by atoms with Crippen molar-refractivity contribution in [3.8, 4) is 11.5 Å². The summed E-state index contributed by atoms with van der Waals surface area (Å²) in [6.07, 6.45) is 3.16. The Labute approximate surface area is 142 Å². The van der Waals surface area contributed by atoms with Crippen LogP contribution in [-0.4, -0.2) is 29.7 Å². The van der Waals surface area contributed by atoms with Gasteiger partial charge in [0.05, 0.1) is 6.61 Å². The zero-order valence-corrected chi connectivity index (χ0v) is 13.8. The number of phenolic OH excluding ortho intramolecular Hbond substituents is 1. The molecule has 1 aliphatic rings. The van der Waals surface area contributed by atoms with Gasteiger partial charge >= 0.3 is 0 Å². The number of benzene rings is 2. The van der Waals surface area contributed by atoms with Crippen LogP contribution < -0.4 is 4.74 Å². The van der Waals surface area contributed by atoms with Crippen LogP contribution in [0.4, 0.5) is 4.39 Å². The van der Waals surface area contributed by atoms with Crippen molar-refractivity contribution in [1.82, 2.24) is 4.90 Å². The lowest BCUT2D eigenvalue weighted by molar-refractivity contribution is 0.290. The second kappa shape index (κ2) is 7.49. The fraction of sp³-hybridized carbons (Fsp3) is 0.300. The number of hydrogen-bond acceptors (Lipinski definition) is 3. The molecule has 0 unspecified atom stereocenters. The highest BCUT2D eigenvalue weighted by atomic mass is 19.1. The van der Waals surface area contributed by atoms with E-state index in [9.17, 15) is 9.50 Å². The molecule has 0 saturated heterocycles. The summed E-state index contributed by atoms with van der Waals surface area (Å²) < 4.78 is 18.5. The third-order valence-corrected chi connectivity index (χ3v) is 4.24. The van der Waals surface area contributed by atoms with Crippen LogP contribution in [0.5, 0.6) is 11.5 Å². The number of ether oxygens (including phenoxy) is 1. The molecule has 126 valence electrons. The van der Waals surface area contributed by atoms with Crippen LogP contribution in [0.1, 0.15) is 24.5 Å². The Bertz CT molecular complexity index is 725. The van der Waals surface area contributed by atoms with E-state index in [4.69, 9.17) is 4.74 Å². The van der Waals surface area contributed by atoms with Gasteiger partial charge in [-0.1, -0.05) is 24.3 Å². The van der Waals surface area contributed by atoms with Crippen molar-refractivity contribution in [3.05, 3.63) is 65.5 Å². The monoisotopic (exact) mass is 327 g/mol. The standard InChI is InChI=1S/C20H22FNO2/c1-2-24-20-13-15(3-8-19(20)23)14-22-11-9-17(10-12-22)16-4-6-18(21)7-5-16/h3-9,13,23H,2,10-12,14H2,1H3. The van der Waals surface area contributed by atoms with Crippen molar-refractivity contribution >= 4 is 5.57 Å². The predicted molar refractivity (Wildman–Crippen MR) is 93.5 cm³/mol. The molecule has 0 amide bonds. The normalized spacial score (nSPS) is 15.2. The van der Waals surface area contributed by atoms with Gasteiger partial charge in [0.1, 0.15) is 5.82 Å². The van der Waals surface area contributed by atoms with Gasteiger partial charge in [-0.25, -0.2) is 4.39 Å². The van der Waals surface area contributed by atoms with Crippen LogP contribution in [0.3, 0.4) is 0 Å². The Morgan fingerprint density at radius 3 is 2.62 bits per heavy atom. The Hall–Kier alpha value is -2.33. The first kappa shape index (κ1) is 16.5. The van der Waals surface area contributed by atoms with Gasteiger partial charge in [0, 0.05) is 19.6 Å². The number of rotatable bonds is 5. The summed E-state index contributed by atoms with van der Waals surface area (Å²) in [7, 11) is 0. The highest BCUT2D eigenvalue weighted by Gasteiger charge is 2.14. The quantitative estimate of drug-likeness (QED) is 0.892. The van der Waals surface area contributed by atoms with E-state index in [1.54, 1.807) is 6.07 Å². The van der Waals surface area contributed by atoms with Crippen LogP contribution >= 0.6 is 0 Å². The maximum atomic E-state index is 13.0. The summed E-state index contributed by atoms with van der Waals surface area (Å²) in [6.45, 7) is 5.06. The molecule has 0 saturated carbocycles. The second-order valence-corrected chi connectivity index (χ2v) is 5.96. The molecule has 0 fully saturated rings. The SMILES string of the molecule is CCOc1cc(CN2CC=C(c3ccc(F)cc3)CC2)ccc1O. The van der Waals surface area contributed by atoms with Gasteiger partial charge in [0.15, 0.2) is 11.5 Å². The maximum absolute atomic E-state index is 13.0. The molecule has 0 atom stereocenters. The lowest BCUT2D eigenvalue weighted by atomic mass is 9.99. The van der Waals surface area contributed by atoms with E-state index >= 15 is 0 Å². The van der Waals surface area contributed by atoms with Gasteiger partial charge in [0.2, 0.25) is 0 Å². The Balaban J connectivity index is 1.64. The lowest BCUT2D eigenvalue weighted by Gasteiger charge is -2.26. The van der Waals surface area contributed by atoms with Crippen molar-refractivity contribution in [3.63, 3.8) is 0 Å². The molecule has 3 nitrogen and oxygen atoms in total. The van der Waals surface area contributed by atoms with E-state index in [-0.39, 0.29) is 11.6 Å². The van der Waals surface area contributed by atoms with Crippen molar-refractivity contribution in [2.24, 2.45) is 0 Å². The minimum atomic E-state index is -0.200. The number of hydrogen-bond donors (Lipinski definition) is 1. The predicted octanol–water partition coefficient (Wildman–Crippen LogP) is 4.22. The van der Waals surface area contributed by atoms with Gasteiger partial charge in [-0.05, 0) is 54.3 Å². The van der Waals surface area contributed by atoms with Crippen LogP contribution in [0.15, 0.2) is 48.5 Å². The molecule has 24 heavy (non-hydrogen) atoms. The highest BCUT2D eigenvalue weighted by Crippen LogP contribution is 2.28. The van der Waals surface area contributed by atoms with E-state index in [0.717, 1.165) is 37.2 Å². The van der Waals surface area contributed by atoms with E-state index in [1.807, 2.05) is 31.2 Å². The number of phenols is 1. The van der Waals surface area contributed by atoms with E-state index in [0.29, 0.717) is 12.4 Å². The molecule has 2 aromatic carbocycles. The molecule has 0 radical (unpaired) electrons. The van der Waals surface area contributed by atoms with E-state index < -0.39 is 0 Å². The summed E-state index contributed by atoms with van der Waals surface area (Å²) >= 11 is 0. The molecule has 1 aliphatic heterocycles. The average molecular weight is 327 g/mol. The van der Waals surface area contributed by atoms with Gasteiger partial charge in [-0.15, -0.1) is 0 Å². The zero-order chi connectivity index (χ0) is 16.9. The first-order chi connectivity index (χ1) is 11.7. The highest BCUT2D eigenvalue weighted by molar-refractivity contribution is 5.66. The fourth-order valence-corrected chi connectivity index (χ4v) is 2.97. The molecule has 0 bridgehead atoms. The third kappa shape index (κ3) is 3.95. The minimum absolute atomic E-state index is 0.178. The number of aromatic hydroxyl groups is 1. The summed E-state index contributed by atoms with van der Waals surface area (Å²) in [4.78, 5) is 2.34. The van der Waals surface area contributed by atoms with Crippen molar-refractivity contribution in [2.75, 3.05) is 19.7 Å². The minimum Gasteiger partial charge on any atom is -0.504 e. The summed E-state index contributed by atoms with van der Waals surface area (Å²) in [5.74, 6) is 0.515. The molecule has 0 aliphatic carbocycles. The summed E-state index contributed by atoms with van der Waals surface area (Å²) in [5.41, 5.74) is 3.49. The largest absolute Gasteiger partial charge is 0.504 e. The maximum Gasteiger partial charge on any atom is 0.161 e. The summed E-state index contributed by atoms with van der Waals surface area (Å²) in [5, 5.41) is 9.78. The van der Waals surface area contributed by atoms with Crippen LogP contribution in [0.25, 0.3) is 5.57 Å². The molecule has 1 N–H and O–H groups in total. The second-order valence-electron chi connectivity index (χ2n) is 5.96. The van der Waals surface area contributed by atoms with Crippen LogP contribution in [0, 0.1) is 5.82 Å². The van der Waals surface area contributed by atoms with E-state index in [1.165, 1.54) is 17.7 Å². The van der Waals surface area contributed by atoms with Crippen LogP contribution in [-0.2, 0) is 6.54 Å². The van der Waals surface area contributed by atoms with Crippen molar-refractivity contribution < 1.29 is 14.2 Å². The van der Waals surface area contributed by atoms with Gasteiger partial charge < -0.3 is 9.84 Å². The van der Waals surface area contributed by atoms with Crippen LogP contribution in [0.2, 0.25) is 0 Å². The smallest absolute Gasteiger partial charge is 0.161 e.